The number of hydrogen-bond acceptors (Lipinski definition) is 6. The molecule has 180 valence electrons. The molecule has 2 aromatic carbocycles. The normalized spacial score (nSPS) is 11.8. The monoisotopic (exact) mass is 485 g/mol. The second kappa shape index (κ2) is 11.6. The van der Waals surface area contributed by atoms with E-state index < -0.39 is 5.82 Å². The average Bonchev–Trinajstić information content (AvgIpc) is 3.24. The third-order valence-corrected chi connectivity index (χ3v) is 6.09. The highest BCUT2D eigenvalue weighted by Crippen LogP contribution is 2.26. The number of rotatable bonds is 10. The Morgan fingerprint density at radius 2 is 1.82 bits per heavy atom. The Labute approximate surface area is 202 Å². The van der Waals surface area contributed by atoms with E-state index in [2.05, 4.69) is 20.8 Å². The van der Waals surface area contributed by atoms with Crippen LogP contribution in [-0.4, -0.2) is 39.4 Å². The van der Waals surface area contributed by atoms with Gasteiger partial charge in [-0.1, -0.05) is 37.7 Å². The number of halogens is 1. The number of nitrogens with one attached hydrogen (secondary N) is 2. The molecule has 0 aliphatic rings. The molecule has 1 heterocycles. The quantitative estimate of drug-likeness (QED) is 0.416. The molecule has 1 atom stereocenters. The summed E-state index contributed by atoms with van der Waals surface area (Å²) in [5, 5.41) is 14.7. The number of ether oxygens (including phenoxy) is 1. The molecule has 3 aromatic rings. The van der Waals surface area contributed by atoms with E-state index >= 15 is 0 Å². The summed E-state index contributed by atoms with van der Waals surface area (Å²) in [5.74, 6) is 0.281. The number of para-hydroxylation sites is 1. The van der Waals surface area contributed by atoms with Crippen molar-refractivity contribution in [3.05, 3.63) is 65.7 Å². The van der Waals surface area contributed by atoms with E-state index in [1.54, 1.807) is 43.5 Å². The average molecular weight is 486 g/mol. The summed E-state index contributed by atoms with van der Waals surface area (Å²) in [6.07, 6.45) is 0. The first-order valence-electron chi connectivity index (χ1n) is 10.9. The highest BCUT2D eigenvalue weighted by molar-refractivity contribution is 7.99. The molecule has 34 heavy (non-hydrogen) atoms. The fraction of sp³-hybridized carbons (Fsp3) is 0.333. The van der Waals surface area contributed by atoms with Crippen molar-refractivity contribution in [2.75, 3.05) is 18.2 Å². The minimum atomic E-state index is -0.493. The number of thioether (sulfide) groups is 1. The second-order valence-electron chi connectivity index (χ2n) is 7.83. The lowest BCUT2D eigenvalue weighted by Gasteiger charge is -2.22. The molecule has 8 nitrogen and oxygen atoms in total. The second-order valence-corrected chi connectivity index (χ2v) is 8.77. The predicted molar refractivity (Wildman–Crippen MR) is 129 cm³/mol. The number of amides is 2. The van der Waals surface area contributed by atoms with Crippen LogP contribution in [0.5, 0.6) is 5.75 Å². The maximum atomic E-state index is 13.8. The third kappa shape index (κ3) is 6.13. The number of methoxy groups -OCH3 is 1. The molecular formula is C24H28FN5O3S. The Bertz CT molecular complexity index is 1130. The highest BCUT2D eigenvalue weighted by Gasteiger charge is 2.26. The van der Waals surface area contributed by atoms with Crippen molar-refractivity contribution >= 4 is 29.3 Å². The van der Waals surface area contributed by atoms with Gasteiger partial charge in [0.15, 0.2) is 11.0 Å². The maximum absolute atomic E-state index is 13.8. The molecule has 10 heteroatoms. The highest BCUT2D eigenvalue weighted by atomic mass is 32.2. The van der Waals surface area contributed by atoms with E-state index in [0.717, 1.165) is 0 Å². The van der Waals surface area contributed by atoms with Crippen molar-refractivity contribution in [1.82, 2.24) is 20.1 Å². The molecule has 0 radical (unpaired) electrons. The van der Waals surface area contributed by atoms with Crippen LogP contribution in [0.15, 0.2) is 53.7 Å². The summed E-state index contributed by atoms with van der Waals surface area (Å²) in [6, 6.07) is 12.5. The standard InChI is InChI=1S/C24H28FN5O3S/c1-5-30-22(21(15(2)3)27-23(32)16-10-12-17(33-4)13-11-16)28-29-24(30)34-14-20(31)26-19-9-7-6-8-18(19)25/h6-13,15,21H,5,14H2,1-4H3,(H,26,31)(H,27,32)/t21-/m0/s1. The van der Waals surface area contributed by atoms with Gasteiger partial charge in [-0.05, 0) is 49.2 Å². The van der Waals surface area contributed by atoms with Crippen LogP contribution in [0.3, 0.4) is 0 Å². The topological polar surface area (TPSA) is 98.1 Å². The van der Waals surface area contributed by atoms with Crippen LogP contribution >= 0.6 is 11.8 Å². The van der Waals surface area contributed by atoms with Crippen molar-refractivity contribution in [3.8, 4) is 5.75 Å². The first-order chi connectivity index (χ1) is 16.3. The van der Waals surface area contributed by atoms with Gasteiger partial charge < -0.3 is 19.9 Å². The molecule has 0 saturated carbocycles. The van der Waals surface area contributed by atoms with Crippen LogP contribution in [0.2, 0.25) is 0 Å². The lowest BCUT2D eigenvalue weighted by molar-refractivity contribution is -0.113. The summed E-state index contributed by atoms with van der Waals surface area (Å²) in [5.41, 5.74) is 0.639. The van der Waals surface area contributed by atoms with Gasteiger partial charge in [-0.15, -0.1) is 10.2 Å². The van der Waals surface area contributed by atoms with Gasteiger partial charge >= 0.3 is 0 Å². The van der Waals surface area contributed by atoms with Gasteiger partial charge in [0.05, 0.1) is 24.6 Å². The Balaban J connectivity index is 1.71. The van der Waals surface area contributed by atoms with Crippen LogP contribution < -0.4 is 15.4 Å². The minimum Gasteiger partial charge on any atom is -0.497 e. The zero-order valence-corrected chi connectivity index (χ0v) is 20.4. The molecule has 1 aromatic heterocycles. The van der Waals surface area contributed by atoms with Crippen molar-refractivity contribution in [3.63, 3.8) is 0 Å². The number of hydrogen-bond donors (Lipinski definition) is 2. The molecule has 0 aliphatic carbocycles. The number of carbonyl (C=O) groups is 2. The van der Waals surface area contributed by atoms with Crippen molar-refractivity contribution in [1.29, 1.82) is 0 Å². The number of nitrogens with zero attached hydrogens (tertiary/aromatic N) is 3. The first-order valence-corrected chi connectivity index (χ1v) is 11.9. The number of anilines is 1. The van der Waals surface area contributed by atoms with Gasteiger partial charge in [0.1, 0.15) is 11.6 Å². The van der Waals surface area contributed by atoms with E-state index in [1.807, 2.05) is 25.3 Å². The summed E-state index contributed by atoms with van der Waals surface area (Å²) in [4.78, 5) is 25.2. The van der Waals surface area contributed by atoms with Crippen molar-refractivity contribution in [2.45, 2.75) is 38.5 Å². The van der Waals surface area contributed by atoms with Gasteiger partial charge in [0.25, 0.3) is 5.91 Å². The predicted octanol–water partition coefficient (Wildman–Crippen LogP) is 4.30. The van der Waals surface area contributed by atoms with Crippen LogP contribution in [0.4, 0.5) is 10.1 Å². The van der Waals surface area contributed by atoms with Crippen LogP contribution in [-0.2, 0) is 11.3 Å². The van der Waals surface area contributed by atoms with Crippen molar-refractivity contribution < 1.29 is 18.7 Å². The van der Waals surface area contributed by atoms with Crippen LogP contribution in [0.1, 0.15) is 43.0 Å². The van der Waals surface area contributed by atoms with Gasteiger partial charge in [-0.3, -0.25) is 9.59 Å². The van der Waals surface area contributed by atoms with Gasteiger partial charge in [-0.2, -0.15) is 0 Å². The molecule has 2 N–H and O–H groups in total. The zero-order valence-electron chi connectivity index (χ0n) is 19.5. The largest absolute Gasteiger partial charge is 0.497 e. The van der Waals surface area contributed by atoms with Crippen molar-refractivity contribution in [2.24, 2.45) is 5.92 Å². The fourth-order valence-electron chi connectivity index (χ4n) is 3.31. The molecule has 0 spiro atoms. The maximum Gasteiger partial charge on any atom is 0.251 e. The summed E-state index contributed by atoms with van der Waals surface area (Å²) < 4.78 is 20.8. The number of benzene rings is 2. The lowest BCUT2D eigenvalue weighted by atomic mass is 10.0. The molecule has 2 amide bonds. The molecule has 3 rings (SSSR count). The van der Waals surface area contributed by atoms with E-state index in [9.17, 15) is 14.0 Å². The molecule has 0 unspecified atom stereocenters. The SMILES string of the molecule is CCn1c(SCC(=O)Nc2ccccc2F)nnc1[C@@H](NC(=O)c1ccc(OC)cc1)C(C)C. The van der Waals surface area contributed by atoms with E-state index in [-0.39, 0.29) is 35.2 Å². The molecular weight excluding hydrogens is 457 g/mol. The molecule has 0 saturated heterocycles. The van der Waals surface area contributed by atoms with Crippen LogP contribution in [0.25, 0.3) is 0 Å². The van der Waals surface area contributed by atoms with Crippen LogP contribution in [0, 0.1) is 11.7 Å². The molecule has 0 aliphatic heterocycles. The van der Waals surface area contributed by atoms with E-state index in [1.165, 1.54) is 23.9 Å². The zero-order chi connectivity index (χ0) is 24.7. The molecule has 0 bridgehead atoms. The Hall–Kier alpha value is -3.40. The van der Waals surface area contributed by atoms with Gasteiger partial charge in [-0.25, -0.2) is 4.39 Å². The van der Waals surface area contributed by atoms with E-state index in [4.69, 9.17) is 4.74 Å². The summed E-state index contributed by atoms with van der Waals surface area (Å²) in [7, 11) is 1.57. The lowest BCUT2D eigenvalue weighted by Crippen LogP contribution is -2.33. The first kappa shape index (κ1) is 25.2. The van der Waals surface area contributed by atoms with Gasteiger partial charge in [0.2, 0.25) is 5.91 Å². The third-order valence-electron chi connectivity index (χ3n) is 5.13. The number of carbonyl (C=O) groups excluding carboxylic acids is 2. The summed E-state index contributed by atoms with van der Waals surface area (Å²) in [6.45, 7) is 6.48. The van der Waals surface area contributed by atoms with Gasteiger partial charge in [0, 0.05) is 12.1 Å². The Kier molecular flexibility index (Phi) is 8.64. The summed E-state index contributed by atoms with van der Waals surface area (Å²) >= 11 is 1.20. The Morgan fingerprint density at radius 3 is 2.44 bits per heavy atom. The molecule has 0 fully saturated rings. The minimum absolute atomic E-state index is 0.0387. The fourth-order valence-corrected chi connectivity index (χ4v) is 4.12. The smallest absolute Gasteiger partial charge is 0.251 e. The number of aromatic nitrogens is 3. The van der Waals surface area contributed by atoms with E-state index in [0.29, 0.717) is 28.8 Å². The Morgan fingerprint density at radius 1 is 1.12 bits per heavy atom.